The number of nitrogens with zero attached hydrogens (tertiary/aromatic N) is 1. The van der Waals surface area contributed by atoms with Crippen molar-refractivity contribution in [3.8, 4) is 6.07 Å². The summed E-state index contributed by atoms with van der Waals surface area (Å²) in [5.41, 5.74) is 0.257. The number of hydrogen-bond acceptors (Lipinski definition) is 5. The first kappa shape index (κ1) is 14.7. The van der Waals surface area contributed by atoms with Crippen LogP contribution in [0.2, 0.25) is 0 Å². The van der Waals surface area contributed by atoms with E-state index in [1.54, 1.807) is 13.1 Å². The molecule has 100 valence electrons. The van der Waals surface area contributed by atoms with Crippen molar-refractivity contribution >= 4 is 21.6 Å². The molecule has 19 heavy (non-hydrogen) atoms. The molecule has 0 aromatic heterocycles. The van der Waals surface area contributed by atoms with Crippen LogP contribution in [0.15, 0.2) is 40.9 Å². The van der Waals surface area contributed by atoms with Crippen molar-refractivity contribution in [1.82, 2.24) is 5.32 Å². The second-order valence-electron chi connectivity index (χ2n) is 3.48. The minimum atomic E-state index is -3.76. The molecule has 0 aliphatic heterocycles. The maximum atomic E-state index is 11.6. The van der Waals surface area contributed by atoms with Gasteiger partial charge in [-0.15, -0.1) is 0 Å². The molecule has 0 bridgehead atoms. The van der Waals surface area contributed by atoms with E-state index in [1.165, 1.54) is 30.5 Å². The van der Waals surface area contributed by atoms with E-state index in [-0.39, 0.29) is 10.5 Å². The van der Waals surface area contributed by atoms with Gasteiger partial charge in [0.15, 0.2) is 0 Å². The fraction of sp³-hybridized carbons (Fsp3) is 0.0909. The number of amides is 1. The quantitative estimate of drug-likeness (QED) is 0.524. The highest BCUT2D eigenvalue weighted by Crippen LogP contribution is 2.13. The largest absolute Gasteiger partial charge is 0.393 e. The van der Waals surface area contributed by atoms with E-state index in [2.05, 4.69) is 10.6 Å². The SMILES string of the molecule is CN/C=C(/C#N)C(=O)Nc1ccc(S(N)(=O)=O)cc1. The summed E-state index contributed by atoms with van der Waals surface area (Å²) in [7, 11) is -2.20. The van der Waals surface area contributed by atoms with Crippen LogP contribution in [0.5, 0.6) is 0 Å². The monoisotopic (exact) mass is 280 g/mol. The van der Waals surface area contributed by atoms with Crippen LogP contribution in [-0.2, 0) is 14.8 Å². The van der Waals surface area contributed by atoms with Gasteiger partial charge in [0, 0.05) is 18.9 Å². The zero-order chi connectivity index (χ0) is 14.5. The standard InChI is InChI=1S/C11H12N4O3S/c1-14-7-8(6-12)11(16)15-9-2-4-10(5-3-9)19(13,17)18/h2-5,7,14H,1H3,(H,15,16)(H2,13,17,18)/b8-7-. The summed E-state index contributed by atoms with van der Waals surface area (Å²) < 4.78 is 22.1. The number of sulfonamides is 1. The number of nitrogens with one attached hydrogen (secondary N) is 2. The van der Waals surface area contributed by atoms with Gasteiger partial charge in [0.05, 0.1) is 4.90 Å². The molecule has 1 aromatic carbocycles. The van der Waals surface area contributed by atoms with Crippen LogP contribution in [-0.4, -0.2) is 21.4 Å². The van der Waals surface area contributed by atoms with Crippen LogP contribution >= 0.6 is 0 Å². The number of nitriles is 1. The van der Waals surface area contributed by atoms with Gasteiger partial charge < -0.3 is 10.6 Å². The summed E-state index contributed by atoms with van der Waals surface area (Å²) in [6.45, 7) is 0. The molecule has 0 aliphatic rings. The molecule has 1 aromatic rings. The van der Waals surface area contributed by atoms with Crippen LogP contribution in [0.25, 0.3) is 0 Å². The average molecular weight is 280 g/mol. The third-order valence-electron chi connectivity index (χ3n) is 2.09. The van der Waals surface area contributed by atoms with Crippen LogP contribution < -0.4 is 15.8 Å². The molecule has 0 radical (unpaired) electrons. The average Bonchev–Trinajstić information content (AvgIpc) is 2.35. The number of hydrogen-bond donors (Lipinski definition) is 3. The lowest BCUT2D eigenvalue weighted by atomic mass is 10.2. The summed E-state index contributed by atoms with van der Waals surface area (Å²) >= 11 is 0. The summed E-state index contributed by atoms with van der Waals surface area (Å²) in [6.07, 6.45) is 1.26. The Hall–Kier alpha value is -2.37. The smallest absolute Gasteiger partial charge is 0.267 e. The van der Waals surface area contributed by atoms with E-state index >= 15 is 0 Å². The number of anilines is 1. The Kier molecular flexibility index (Phi) is 4.63. The summed E-state index contributed by atoms with van der Waals surface area (Å²) in [5.74, 6) is -0.597. The van der Waals surface area contributed by atoms with E-state index in [4.69, 9.17) is 10.4 Å². The number of benzene rings is 1. The van der Waals surface area contributed by atoms with Gasteiger partial charge in [-0.2, -0.15) is 5.26 Å². The number of primary sulfonamides is 1. The van der Waals surface area contributed by atoms with Crippen molar-refractivity contribution in [2.75, 3.05) is 12.4 Å². The second kappa shape index (κ2) is 5.99. The fourth-order valence-corrected chi connectivity index (χ4v) is 1.73. The molecular weight excluding hydrogens is 268 g/mol. The molecule has 0 spiro atoms. The molecule has 0 unspecified atom stereocenters. The highest BCUT2D eigenvalue weighted by Gasteiger charge is 2.10. The minimum Gasteiger partial charge on any atom is -0.393 e. The number of carbonyl (C=O) groups excluding carboxylic acids is 1. The second-order valence-corrected chi connectivity index (χ2v) is 5.04. The molecule has 0 aliphatic carbocycles. The molecule has 7 nitrogen and oxygen atoms in total. The van der Waals surface area contributed by atoms with E-state index < -0.39 is 15.9 Å². The van der Waals surface area contributed by atoms with Gasteiger partial charge in [-0.05, 0) is 24.3 Å². The Bertz CT molecular complexity index is 642. The van der Waals surface area contributed by atoms with Crippen LogP contribution in [0.1, 0.15) is 0 Å². The molecule has 0 fully saturated rings. The van der Waals surface area contributed by atoms with Crippen molar-refractivity contribution in [2.24, 2.45) is 5.14 Å². The molecule has 1 amide bonds. The lowest BCUT2D eigenvalue weighted by Crippen LogP contribution is -2.16. The number of rotatable bonds is 4. The van der Waals surface area contributed by atoms with E-state index in [0.717, 1.165) is 0 Å². The third kappa shape index (κ3) is 4.09. The van der Waals surface area contributed by atoms with Gasteiger partial charge in [-0.1, -0.05) is 0 Å². The Labute approximate surface area is 110 Å². The van der Waals surface area contributed by atoms with Crippen molar-refractivity contribution in [1.29, 1.82) is 5.26 Å². The van der Waals surface area contributed by atoms with Crippen LogP contribution in [0.3, 0.4) is 0 Å². The molecule has 4 N–H and O–H groups in total. The predicted molar refractivity (Wildman–Crippen MR) is 69.2 cm³/mol. The van der Waals surface area contributed by atoms with Crippen molar-refractivity contribution < 1.29 is 13.2 Å². The predicted octanol–water partition coefficient (Wildman–Crippen LogP) is -0.101. The first-order valence-electron chi connectivity index (χ1n) is 5.10. The Morgan fingerprint density at radius 1 is 1.37 bits per heavy atom. The Morgan fingerprint density at radius 3 is 2.37 bits per heavy atom. The summed E-state index contributed by atoms with van der Waals surface area (Å²) in [4.78, 5) is 11.6. The van der Waals surface area contributed by atoms with Crippen molar-refractivity contribution in [2.45, 2.75) is 4.90 Å². The maximum Gasteiger partial charge on any atom is 0.267 e. The first-order chi connectivity index (χ1) is 8.88. The lowest BCUT2D eigenvalue weighted by Gasteiger charge is -2.05. The maximum absolute atomic E-state index is 11.6. The zero-order valence-electron chi connectivity index (χ0n) is 10.0. The summed E-state index contributed by atoms with van der Waals surface area (Å²) in [6, 6.07) is 7.02. The van der Waals surface area contributed by atoms with Gasteiger partial charge in [0.1, 0.15) is 11.6 Å². The minimum absolute atomic E-state index is 0.0585. The van der Waals surface area contributed by atoms with Crippen LogP contribution in [0, 0.1) is 11.3 Å². The normalized spacial score (nSPS) is 11.5. The Balaban J connectivity index is 2.88. The van der Waals surface area contributed by atoms with E-state index in [0.29, 0.717) is 5.69 Å². The van der Waals surface area contributed by atoms with E-state index in [9.17, 15) is 13.2 Å². The van der Waals surface area contributed by atoms with Gasteiger partial charge in [-0.3, -0.25) is 4.79 Å². The van der Waals surface area contributed by atoms with Gasteiger partial charge >= 0.3 is 0 Å². The first-order valence-corrected chi connectivity index (χ1v) is 6.65. The fourth-order valence-electron chi connectivity index (χ4n) is 1.22. The van der Waals surface area contributed by atoms with Crippen molar-refractivity contribution in [3.05, 3.63) is 36.0 Å². The van der Waals surface area contributed by atoms with Crippen molar-refractivity contribution in [3.63, 3.8) is 0 Å². The molecule has 0 saturated heterocycles. The Morgan fingerprint density at radius 2 is 1.95 bits per heavy atom. The molecular formula is C11H12N4O3S. The molecule has 0 atom stereocenters. The highest BCUT2D eigenvalue weighted by molar-refractivity contribution is 7.89. The number of nitrogens with two attached hydrogens (primary N) is 1. The van der Waals surface area contributed by atoms with Gasteiger partial charge in [-0.25, -0.2) is 13.6 Å². The molecule has 0 heterocycles. The molecule has 1 rings (SSSR count). The lowest BCUT2D eigenvalue weighted by molar-refractivity contribution is -0.112. The molecule has 8 heteroatoms. The van der Waals surface area contributed by atoms with Gasteiger partial charge in [0.2, 0.25) is 10.0 Å². The van der Waals surface area contributed by atoms with E-state index in [1.807, 2.05) is 0 Å². The highest BCUT2D eigenvalue weighted by atomic mass is 32.2. The summed E-state index contributed by atoms with van der Waals surface area (Å²) in [5, 5.41) is 18.7. The molecule has 0 saturated carbocycles. The van der Waals surface area contributed by atoms with Crippen LogP contribution in [0.4, 0.5) is 5.69 Å². The zero-order valence-corrected chi connectivity index (χ0v) is 10.9. The van der Waals surface area contributed by atoms with Gasteiger partial charge in [0.25, 0.3) is 5.91 Å². The third-order valence-corrected chi connectivity index (χ3v) is 3.02. The number of carbonyl (C=O) groups is 1. The topological polar surface area (TPSA) is 125 Å².